The fourth-order valence-electron chi connectivity index (χ4n) is 7.58. The van der Waals surface area contributed by atoms with Crippen LogP contribution < -0.4 is 10.6 Å². The normalized spacial score (nSPS) is 16.4. The van der Waals surface area contributed by atoms with Crippen molar-refractivity contribution in [2.75, 3.05) is 5.75 Å². The van der Waals surface area contributed by atoms with E-state index in [0.29, 0.717) is 23.0 Å². The maximum absolute atomic E-state index is 14.1. The Morgan fingerprint density at radius 2 is 1.27 bits per heavy atom. The molecule has 2 N–H and O–H groups in total. The Kier molecular flexibility index (Phi) is 14.0. The van der Waals surface area contributed by atoms with Gasteiger partial charge in [0.25, 0.3) is 11.8 Å². The van der Waals surface area contributed by atoms with Crippen molar-refractivity contribution in [3.63, 3.8) is 0 Å². The lowest BCUT2D eigenvalue weighted by Crippen LogP contribution is -2.70. The zero-order valence-corrected chi connectivity index (χ0v) is 36.1. The number of benzene rings is 5. The summed E-state index contributed by atoms with van der Waals surface area (Å²) in [5.74, 6) is -2.85. The second-order valence-electron chi connectivity index (χ2n) is 16.4. The minimum absolute atomic E-state index is 0.0571. The summed E-state index contributed by atoms with van der Waals surface area (Å²) in [4.78, 5) is 82.4. The molecule has 11 nitrogen and oxygen atoms in total. The number of ether oxygens (including phenoxy) is 2. The van der Waals surface area contributed by atoms with Crippen LogP contribution in [0.5, 0.6) is 0 Å². The van der Waals surface area contributed by atoms with Crippen molar-refractivity contribution in [1.29, 1.82) is 0 Å². The fourth-order valence-corrected chi connectivity index (χ4v) is 8.87. The minimum atomic E-state index is -1.12. The molecule has 5 aromatic carbocycles. The second-order valence-corrected chi connectivity index (χ2v) is 17.5. The van der Waals surface area contributed by atoms with Crippen molar-refractivity contribution in [3.05, 3.63) is 190 Å². The standard InChI is InChI=1S/C51H49N3O8S/c1-51(2,3)39-27-16-26-37(30-39)46(57)52-40(49(59)61-44(33-18-8-4-9-19-33)34-20-10-5-11-21-34)28-17-29-41(56)53-42-47(58)54-43(38(31-55)32-63-48(42)54)50(60)62-45(35-22-12-6-13-23-35)36-24-14-7-15-25-36/h4-16,18-27,30-31,40,42,44-45,48H,17,28-29,32H2,1-3H3,(H,52,57)(H,53,56)/t40-,42?,48-/m1/s1. The lowest BCUT2D eigenvalue weighted by molar-refractivity contribution is -0.154. The second kappa shape index (κ2) is 19.9. The van der Waals surface area contributed by atoms with Gasteiger partial charge in [-0.25, -0.2) is 9.59 Å². The summed E-state index contributed by atoms with van der Waals surface area (Å²) in [6.45, 7) is 6.14. The van der Waals surface area contributed by atoms with E-state index in [0.717, 1.165) is 16.7 Å². The van der Waals surface area contributed by atoms with Gasteiger partial charge in [-0.1, -0.05) is 154 Å². The van der Waals surface area contributed by atoms with Gasteiger partial charge in [-0.3, -0.25) is 24.1 Å². The monoisotopic (exact) mass is 863 g/mol. The van der Waals surface area contributed by atoms with E-state index >= 15 is 0 Å². The van der Waals surface area contributed by atoms with Gasteiger partial charge in [0.15, 0.2) is 12.2 Å². The van der Waals surface area contributed by atoms with Crippen LogP contribution >= 0.6 is 11.8 Å². The summed E-state index contributed by atoms with van der Waals surface area (Å²) < 4.78 is 12.2. The Bertz CT molecular complexity index is 2400. The molecule has 322 valence electrons. The highest BCUT2D eigenvalue weighted by atomic mass is 32.2. The van der Waals surface area contributed by atoms with E-state index in [1.165, 1.54) is 16.7 Å². The Hall–Kier alpha value is -6.79. The van der Waals surface area contributed by atoms with Crippen LogP contribution in [-0.4, -0.2) is 64.1 Å². The Labute approximate surface area is 371 Å². The Morgan fingerprint density at radius 1 is 0.746 bits per heavy atom. The van der Waals surface area contributed by atoms with Crippen molar-refractivity contribution in [1.82, 2.24) is 15.5 Å². The van der Waals surface area contributed by atoms with Crippen LogP contribution in [0.25, 0.3) is 0 Å². The molecule has 2 aliphatic rings. The number of aldehydes is 1. The Morgan fingerprint density at radius 3 is 1.78 bits per heavy atom. The molecule has 63 heavy (non-hydrogen) atoms. The van der Waals surface area contributed by atoms with Crippen molar-refractivity contribution < 1.29 is 38.2 Å². The van der Waals surface area contributed by atoms with Crippen molar-refractivity contribution >= 4 is 47.7 Å². The van der Waals surface area contributed by atoms with Gasteiger partial charge in [0, 0.05) is 23.3 Å². The lowest BCUT2D eigenvalue weighted by atomic mass is 9.86. The molecular weight excluding hydrogens is 815 g/mol. The first-order valence-corrected chi connectivity index (χ1v) is 21.9. The van der Waals surface area contributed by atoms with Crippen LogP contribution in [0.15, 0.2) is 157 Å². The third-order valence-electron chi connectivity index (χ3n) is 11.0. The quantitative estimate of drug-likeness (QED) is 0.0577. The molecule has 3 amide bonds. The number of thioether (sulfide) groups is 1. The van der Waals surface area contributed by atoms with Crippen LogP contribution in [0.3, 0.4) is 0 Å². The number of rotatable bonds is 16. The molecule has 0 saturated carbocycles. The average molecular weight is 864 g/mol. The molecule has 2 heterocycles. The fraction of sp³-hybridized carbons (Fsp3) is 0.255. The SMILES string of the molecule is CC(C)(C)c1cccc(C(=O)N[C@H](CCCC(=O)NC2C(=O)N3C(C(=O)OC(c4ccccc4)c4ccccc4)=C(C=O)CS[C@H]23)C(=O)OC(c2ccccc2)c2ccccc2)c1. The highest BCUT2D eigenvalue weighted by Crippen LogP contribution is 2.41. The molecule has 1 saturated heterocycles. The summed E-state index contributed by atoms with van der Waals surface area (Å²) in [6.07, 6.45) is -0.871. The Balaban J connectivity index is 1.03. The van der Waals surface area contributed by atoms with Crippen LogP contribution in [0.1, 0.15) is 90.4 Å². The van der Waals surface area contributed by atoms with Crippen molar-refractivity contribution in [2.24, 2.45) is 0 Å². The predicted octanol–water partition coefficient (Wildman–Crippen LogP) is 7.77. The van der Waals surface area contributed by atoms with Gasteiger partial charge in [-0.05, 0) is 58.2 Å². The van der Waals surface area contributed by atoms with E-state index in [9.17, 15) is 28.8 Å². The van der Waals surface area contributed by atoms with Gasteiger partial charge < -0.3 is 20.1 Å². The van der Waals surface area contributed by atoms with Crippen LogP contribution in [0.2, 0.25) is 0 Å². The summed E-state index contributed by atoms with van der Waals surface area (Å²) in [7, 11) is 0. The van der Waals surface area contributed by atoms with Crippen LogP contribution in [-0.2, 0) is 38.9 Å². The number of carbonyl (C=O) groups is 6. The van der Waals surface area contributed by atoms with E-state index < -0.39 is 59.3 Å². The van der Waals surface area contributed by atoms with E-state index in [1.807, 2.05) is 148 Å². The third-order valence-corrected chi connectivity index (χ3v) is 12.3. The van der Waals surface area contributed by atoms with Gasteiger partial charge in [0.2, 0.25) is 5.91 Å². The predicted molar refractivity (Wildman–Crippen MR) is 240 cm³/mol. The molecular formula is C51H49N3O8S. The lowest BCUT2D eigenvalue weighted by Gasteiger charge is -2.49. The molecule has 0 aliphatic carbocycles. The number of hydrogen-bond acceptors (Lipinski definition) is 9. The highest BCUT2D eigenvalue weighted by molar-refractivity contribution is 8.00. The van der Waals surface area contributed by atoms with Crippen LogP contribution in [0, 0.1) is 0 Å². The molecule has 3 atom stereocenters. The molecule has 0 aromatic heterocycles. The first kappa shape index (κ1) is 44.3. The zero-order chi connectivity index (χ0) is 44.5. The maximum Gasteiger partial charge on any atom is 0.356 e. The number of amides is 3. The number of nitrogens with zero attached hydrogens (tertiary/aromatic N) is 1. The van der Waals surface area contributed by atoms with Gasteiger partial charge >= 0.3 is 11.9 Å². The largest absolute Gasteiger partial charge is 0.451 e. The van der Waals surface area contributed by atoms with E-state index in [1.54, 1.807) is 18.2 Å². The molecule has 0 radical (unpaired) electrons. The molecule has 1 fully saturated rings. The average Bonchev–Trinajstić information content (AvgIpc) is 3.31. The minimum Gasteiger partial charge on any atom is -0.451 e. The molecule has 1 unspecified atom stereocenters. The number of esters is 2. The maximum atomic E-state index is 14.1. The van der Waals surface area contributed by atoms with Gasteiger partial charge in [0.05, 0.1) is 0 Å². The number of nitrogens with one attached hydrogen (secondary N) is 2. The summed E-state index contributed by atoms with van der Waals surface area (Å²) in [5.41, 5.74) is 4.00. The number of fused-ring (bicyclic) bond motifs is 1. The van der Waals surface area contributed by atoms with E-state index in [-0.39, 0.29) is 41.7 Å². The zero-order valence-electron chi connectivity index (χ0n) is 35.3. The summed E-state index contributed by atoms with van der Waals surface area (Å²) in [5, 5.41) is 5.02. The smallest absolute Gasteiger partial charge is 0.356 e. The summed E-state index contributed by atoms with van der Waals surface area (Å²) >= 11 is 1.26. The highest BCUT2D eigenvalue weighted by Gasteiger charge is 2.54. The first-order valence-electron chi connectivity index (χ1n) is 20.9. The number of carbonyl (C=O) groups excluding carboxylic acids is 6. The molecule has 2 aliphatic heterocycles. The molecule has 0 bridgehead atoms. The van der Waals surface area contributed by atoms with Gasteiger partial charge in [0.1, 0.15) is 29.4 Å². The number of β-lactam (4-membered cyclic amide) rings is 1. The summed E-state index contributed by atoms with van der Waals surface area (Å²) in [6, 6.07) is 42.1. The van der Waals surface area contributed by atoms with Crippen molar-refractivity contribution in [2.45, 2.75) is 75.1 Å². The first-order chi connectivity index (χ1) is 30.4. The topological polar surface area (TPSA) is 148 Å². The van der Waals surface area contributed by atoms with Gasteiger partial charge in [-0.2, -0.15) is 0 Å². The van der Waals surface area contributed by atoms with Gasteiger partial charge in [-0.15, -0.1) is 11.8 Å². The van der Waals surface area contributed by atoms with Crippen molar-refractivity contribution in [3.8, 4) is 0 Å². The third kappa shape index (κ3) is 10.5. The van der Waals surface area contributed by atoms with Crippen LogP contribution in [0.4, 0.5) is 0 Å². The molecule has 0 spiro atoms. The van der Waals surface area contributed by atoms with E-state index in [4.69, 9.17) is 9.47 Å². The molecule has 7 rings (SSSR count). The number of hydrogen-bond donors (Lipinski definition) is 2. The van der Waals surface area contributed by atoms with E-state index in [2.05, 4.69) is 10.6 Å². The molecule has 5 aromatic rings. The molecule has 12 heteroatoms.